The zero-order valence-corrected chi connectivity index (χ0v) is 16.1. The molecule has 9 heteroatoms. The van der Waals surface area contributed by atoms with Gasteiger partial charge in [0.1, 0.15) is 11.5 Å². The maximum Gasteiger partial charge on any atom is 0.347 e. The summed E-state index contributed by atoms with van der Waals surface area (Å²) in [6.07, 6.45) is 3.14. The summed E-state index contributed by atoms with van der Waals surface area (Å²) < 4.78 is 10.9. The maximum absolute atomic E-state index is 12.8. The van der Waals surface area contributed by atoms with E-state index in [4.69, 9.17) is 9.15 Å². The third-order valence-electron chi connectivity index (χ3n) is 3.82. The number of urea groups is 1. The number of carbonyl (C=O) groups excluding carboxylic acids is 1. The molecule has 0 aliphatic heterocycles. The van der Waals surface area contributed by atoms with Crippen LogP contribution in [-0.2, 0) is 11.3 Å². The number of nitrogens with zero attached hydrogens (tertiary/aromatic N) is 2. The van der Waals surface area contributed by atoms with Crippen molar-refractivity contribution in [2.75, 3.05) is 10.2 Å². The van der Waals surface area contributed by atoms with E-state index in [0.717, 1.165) is 0 Å². The number of amides is 2. The lowest BCUT2D eigenvalue weighted by Crippen LogP contribution is -2.38. The van der Waals surface area contributed by atoms with Crippen LogP contribution in [0.1, 0.15) is 19.6 Å². The van der Waals surface area contributed by atoms with Crippen molar-refractivity contribution < 1.29 is 23.8 Å². The van der Waals surface area contributed by atoms with E-state index in [1.165, 1.54) is 36.3 Å². The quantitative estimate of drug-likeness (QED) is 0.614. The third-order valence-corrected chi connectivity index (χ3v) is 4.51. The molecule has 0 aliphatic rings. The van der Waals surface area contributed by atoms with Crippen molar-refractivity contribution in [3.8, 4) is 5.75 Å². The zero-order chi connectivity index (χ0) is 20.1. The highest BCUT2D eigenvalue weighted by Gasteiger charge is 2.29. The van der Waals surface area contributed by atoms with E-state index in [1.807, 2.05) is 0 Å². The standard InChI is InChI=1S/C19H19N3O5S/c1-19(2,16(23)24)27-14-7-5-13(6-8-14)22(12-15-4-3-10-26-15)18(25)21-17-20-9-11-28-17/h3-11H,12H2,1-2H3,(H,23,24)(H,20,21,25). The Hall–Kier alpha value is -3.33. The highest BCUT2D eigenvalue weighted by atomic mass is 32.1. The van der Waals surface area contributed by atoms with Crippen LogP contribution in [0.25, 0.3) is 0 Å². The van der Waals surface area contributed by atoms with Crippen molar-refractivity contribution in [2.45, 2.75) is 26.0 Å². The number of hydrogen-bond donors (Lipinski definition) is 2. The molecular formula is C19H19N3O5S. The first-order valence-corrected chi connectivity index (χ1v) is 9.26. The fourth-order valence-electron chi connectivity index (χ4n) is 2.32. The van der Waals surface area contributed by atoms with E-state index in [9.17, 15) is 14.7 Å². The van der Waals surface area contributed by atoms with E-state index >= 15 is 0 Å². The number of benzene rings is 1. The summed E-state index contributed by atoms with van der Waals surface area (Å²) in [6, 6.07) is 9.74. The topological polar surface area (TPSA) is 105 Å². The summed E-state index contributed by atoms with van der Waals surface area (Å²) in [6.45, 7) is 3.15. The van der Waals surface area contributed by atoms with Crippen molar-refractivity contribution in [1.82, 2.24) is 4.98 Å². The van der Waals surface area contributed by atoms with Crippen LogP contribution in [0, 0.1) is 0 Å². The van der Waals surface area contributed by atoms with Gasteiger partial charge in [-0.2, -0.15) is 0 Å². The smallest absolute Gasteiger partial charge is 0.347 e. The maximum atomic E-state index is 12.8. The Morgan fingerprint density at radius 2 is 2.04 bits per heavy atom. The number of carbonyl (C=O) groups is 2. The fraction of sp³-hybridized carbons (Fsp3) is 0.211. The van der Waals surface area contributed by atoms with E-state index in [-0.39, 0.29) is 12.6 Å². The fourth-order valence-corrected chi connectivity index (χ4v) is 2.83. The summed E-state index contributed by atoms with van der Waals surface area (Å²) in [5.41, 5.74) is -0.775. The van der Waals surface area contributed by atoms with Gasteiger partial charge in [-0.3, -0.25) is 10.2 Å². The average molecular weight is 401 g/mol. The predicted molar refractivity (Wildman–Crippen MR) is 105 cm³/mol. The number of ether oxygens (including phenoxy) is 1. The molecule has 2 heterocycles. The second kappa shape index (κ2) is 8.13. The highest BCUT2D eigenvalue weighted by molar-refractivity contribution is 7.13. The molecule has 0 fully saturated rings. The van der Waals surface area contributed by atoms with Gasteiger partial charge in [-0.05, 0) is 50.2 Å². The van der Waals surface area contributed by atoms with Gasteiger partial charge in [0.15, 0.2) is 10.7 Å². The summed E-state index contributed by atoms with van der Waals surface area (Å²) in [4.78, 5) is 29.5. The third kappa shape index (κ3) is 4.68. The molecule has 0 spiro atoms. The molecule has 3 aromatic rings. The predicted octanol–water partition coefficient (Wildman–Crippen LogP) is 4.22. The second-order valence-corrected chi connectivity index (χ2v) is 7.24. The number of thiazole rings is 1. The molecule has 1 aromatic carbocycles. The molecule has 2 N–H and O–H groups in total. The molecule has 0 saturated heterocycles. The minimum Gasteiger partial charge on any atom is -0.478 e. The van der Waals surface area contributed by atoms with Crippen molar-refractivity contribution in [3.63, 3.8) is 0 Å². The molecule has 0 aliphatic carbocycles. The number of anilines is 2. The number of nitrogens with one attached hydrogen (secondary N) is 1. The zero-order valence-electron chi connectivity index (χ0n) is 15.3. The minimum absolute atomic E-state index is 0.213. The van der Waals surface area contributed by atoms with Crippen LogP contribution in [0.2, 0.25) is 0 Å². The van der Waals surface area contributed by atoms with E-state index < -0.39 is 11.6 Å². The molecule has 8 nitrogen and oxygen atoms in total. The van der Waals surface area contributed by atoms with Crippen LogP contribution in [-0.4, -0.2) is 27.7 Å². The summed E-state index contributed by atoms with van der Waals surface area (Å²) >= 11 is 1.31. The number of carboxylic acids is 1. The van der Waals surface area contributed by atoms with Crippen LogP contribution >= 0.6 is 11.3 Å². The van der Waals surface area contributed by atoms with Gasteiger partial charge in [0, 0.05) is 17.3 Å². The molecule has 0 atom stereocenters. The van der Waals surface area contributed by atoms with Crippen LogP contribution in [0.4, 0.5) is 15.6 Å². The monoisotopic (exact) mass is 401 g/mol. The van der Waals surface area contributed by atoms with E-state index in [2.05, 4.69) is 10.3 Å². The average Bonchev–Trinajstić information content (AvgIpc) is 3.34. The van der Waals surface area contributed by atoms with Gasteiger partial charge in [0.25, 0.3) is 0 Å². The van der Waals surface area contributed by atoms with Crippen molar-refractivity contribution in [3.05, 3.63) is 60.0 Å². The summed E-state index contributed by atoms with van der Waals surface area (Å²) in [5.74, 6) is -0.0742. The number of furan rings is 1. The minimum atomic E-state index is -1.36. The molecule has 28 heavy (non-hydrogen) atoms. The van der Waals surface area contributed by atoms with Gasteiger partial charge in [0.2, 0.25) is 0 Å². The Kier molecular flexibility index (Phi) is 5.65. The van der Waals surface area contributed by atoms with Gasteiger partial charge in [-0.1, -0.05) is 0 Å². The molecule has 3 rings (SSSR count). The Balaban J connectivity index is 1.81. The van der Waals surface area contributed by atoms with Crippen LogP contribution < -0.4 is 15.0 Å². The molecule has 2 aromatic heterocycles. The lowest BCUT2D eigenvalue weighted by molar-refractivity contribution is -0.152. The number of carboxylic acid groups (broad SMARTS) is 1. The molecule has 2 amide bonds. The Bertz CT molecular complexity index is 921. The van der Waals surface area contributed by atoms with Crippen LogP contribution in [0.5, 0.6) is 5.75 Å². The lowest BCUT2D eigenvalue weighted by Gasteiger charge is -2.24. The van der Waals surface area contributed by atoms with Crippen LogP contribution in [0.15, 0.2) is 58.7 Å². The van der Waals surface area contributed by atoms with Gasteiger partial charge in [-0.15, -0.1) is 11.3 Å². The highest BCUT2D eigenvalue weighted by Crippen LogP contribution is 2.25. The van der Waals surface area contributed by atoms with Crippen molar-refractivity contribution >= 4 is 34.2 Å². The first-order chi connectivity index (χ1) is 13.3. The van der Waals surface area contributed by atoms with E-state index in [0.29, 0.717) is 22.3 Å². The number of aromatic nitrogens is 1. The molecule has 0 unspecified atom stereocenters. The van der Waals surface area contributed by atoms with Gasteiger partial charge >= 0.3 is 12.0 Å². The molecule has 146 valence electrons. The lowest BCUT2D eigenvalue weighted by atomic mass is 10.1. The SMILES string of the molecule is CC(C)(Oc1ccc(N(Cc2ccco2)C(=O)Nc2nccs2)cc1)C(=O)O. The van der Waals surface area contributed by atoms with Crippen molar-refractivity contribution in [2.24, 2.45) is 0 Å². The Morgan fingerprint density at radius 1 is 1.29 bits per heavy atom. The summed E-state index contributed by atoms with van der Waals surface area (Å²) in [7, 11) is 0. The second-order valence-electron chi connectivity index (χ2n) is 6.34. The van der Waals surface area contributed by atoms with Crippen molar-refractivity contribution in [1.29, 1.82) is 0 Å². The molecule has 0 radical (unpaired) electrons. The van der Waals surface area contributed by atoms with E-state index in [1.54, 1.807) is 48.0 Å². The molecular weight excluding hydrogens is 382 g/mol. The first kappa shape index (κ1) is 19.4. The Morgan fingerprint density at radius 3 is 2.61 bits per heavy atom. The van der Waals surface area contributed by atoms with Crippen LogP contribution in [0.3, 0.4) is 0 Å². The normalized spacial score (nSPS) is 11.1. The Labute approximate surface area is 165 Å². The largest absolute Gasteiger partial charge is 0.478 e. The van der Waals surface area contributed by atoms with Gasteiger partial charge < -0.3 is 14.3 Å². The summed E-state index contributed by atoms with van der Waals surface area (Å²) in [5, 5.41) is 14.2. The van der Waals surface area contributed by atoms with Gasteiger partial charge in [-0.25, -0.2) is 14.6 Å². The van der Waals surface area contributed by atoms with Gasteiger partial charge in [0.05, 0.1) is 12.8 Å². The molecule has 0 saturated carbocycles. The number of aliphatic carboxylic acids is 1. The number of hydrogen-bond acceptors (Lipinski definition) is 6. The number of rotatable bonds is 7. The first-order valence-electron chi connectivity index (χ1n) is 8.38. The molecule has 0 bridgehead atoms.